The molecule has 1 aromatic heterocycles. The molecule has 2 atom stereocenters. The zero-order chi connectivity index (χ0) is 27.3. The molecule has 2 aromatic carbocycles. The van der Waals surface area contributed by atoms with Gasteiger partial charge in [0.15, 0.2) is 0 Å². The fourth-order valence-electron chi connectivity index (χ4n) is 4.57. The minimum absolute atomic E-state index is 0.141. The van der Waals surface area contributed by atoms with Crippen LogP contribution in [0, 0.1) is 22.7 Å². The minimum atomic E-state index is -0.382. The van der Waals surface area contributed by atoms with Crippen LogP contribution in [0.25, 0.3) is 6.08 Å². The van der Waals surface area contributed by atoms with Crippen LogP contribution in [0.4, 0.5) is 10.7 Å². The van der Waals surface area contributed by atoms with Gasteiger partial charge in [0.1, 0.15) is 11.1 Å². The maximum absolute atomic E-state index is 13.1. The lowest BCUT2D eigenvalue weighted by Gasteiger charge is -2.33. The second-order valence-electron chi connectivity index (χ2n) is 10.6. The van der Waals surface area contributed by atoms with Gasteiger partial charge in [0.25, 0.3) is 0 Å². The number of thiophene rings is 1. The van der Waals surface area contributed by atoms with Crippen LogP contribution in [0.2, 0.25) is 0 Å². The van der Waals surface area contributed by atoms with Gasteiger partial charge in [-0.2, -0.15) is 5.26 Å². The summed E-state index contributed by atoms with van der Waals surface area (Å²) in [6, 6.07) is 19.4. The van der Waals surface area contributed by atoms with Crippen LogP contribution in [0.5, 0.6) is 0 Å². The van der Waals surface area contributed by atoms with E-state index in [9.17, 15) is 14.9 Å². The average molecular weight is 544 g/mol. The van der Waals surface area contributed by atoms with Gasteiger partial charge in [-0.15, -0.1) is 23.1 Å². The predicted molar refractivity (Wildman–Crippen MR) is 159 cm³/mol. The molecule has 1 aliphatic rings. The standard InChI is InChI=1S/C31H33N3O2S2/c1-20(29(36)34-30-26(19-32)25-15-14-22(31(2,3)4)17-27(25)38-30)37-24-12-8-11-23(18-24)33-28(35)16-13-21-9-6-5-7-10-21/h5-13,16,18,20,22H,14-15,17H2,1-4H3,(H,33,35)(H,34,36)/b16-13+. The highest BCUT2D eigenvalue weighted by Crippen LogP contribution is 2.44. The first-order chi connectivity index (χ1) is 18.1. The summed E-state index contributed by atoms with van der Waals surface area (Å²) in [6.45, 7) is 8.66. The van der Waals surface area contributed by atoms with E-state index in [2.05, 4.69) is 37.5 Å². The number of fused-ring (bicyclic) bond motifs is 1. The van der Waals surface area contributed by atoms with Crippen molar-refractivity contribution >= 4 is 51.7 Å². The minimum Gasteiger partial charge on any atom is -0.322 e. The van der Waals surface area contributed by atoms with Crippen LogP contribution in [0.15, 0.2) is 65.6 Å². The molecule has 7 heteroatoms. The largest absolute Gasteiger partial charge is 0.322 e. The summed E-state index contributed by atoms with van der Waals surface area (Å²) in [5, 5.41) is 16.0. The molecule has 4 rings (SSSR count). The molecule has 0 saturated carbocycles. The summed E-state index contributed by atoms with van der Waals surface area (Å²) >= 11 is 2.97. The van der Waals surface area contributed by atoms with Crippen LogP contribution in [0.3, 0.4) is 0 Å². The summed E-state index contributed by atoms with van der Waals surface area (Å²) in [5.41, 5.74) is 3.56. The van der Waals surface area contributed by atoms with E-state index in [-0.39, 0.29) is 22.5 Å². The van der Waals surface area contributed by atoms with Gasteiger partial charge in [-0.1, -0.05) is 57.2 Å². The summed E-state index contributed by atoms with van der Waals surface area (Å²) in [5.74, 6) is 0.207. The molecule has 0 bridgehead atoms. The van der Waals surface area contributed by atoms with E-state index in [1.54, 1.807) is 17.4 Å². The lowest BCUT2D eigenvalue weighted by Crippen LogP contribution is -2.26. The van der Waals surface area contributed by atoms with Crippen molar-refractivity contribution in [1.82, 2.24) is 0 Å². The van der Waals surface area contributed by atoms with Crippen LogP contribution in [-0.4, -0.2) is 17.1 Å². The van der Waals surface area contributed by atoms with Crippen molar-refractivity contribution in [3.05, 3.63) is 82.2 Å². The van der Waals surface area contributed by atoms with E-state index < -0.39 is 0 Å². The van der Waals surface area contributed by atoms with E-state index in [0.29, 0.717) is 22.2 Å². The smallest absolute Gasteiger partial charge is 0.248 e. The third kappa shape index (κ3) is 6.94. The highest BCUT2D eigenvalue weighted by atomic mass is 32.2. The number of hydrogen-bond acceptors (Lipinski definition) is 5. The molecule has 0 saturated heterocycles. The molecule has 0 fully saturated rings. The van der Waals surface area contributed by atoms with Crippen LogP contribution >= 0.6 is 23.1 Å². The van der Waals surface area contributed by atoms with Gasteiger partial charge in [-0.05, 0) is 72.9 Å². The number of benzene rings is 2. The zero-order valence-electron chi connectivity index (χ0n) is 22.2. The number of rotatable bonds is 7. The van der Waals surface area contributed by atoms with Crippen molar-refractivity contribution in [1.29, 1.82) is 5.26 Å². The molecule has 0 radical (unpaired) electrons. The molecule has 1 aliphatic carbocycles. The van der Waals surface area contributed by atoms with Crippen molar-refractivity contribution < 1.29 is 9.59 Å². The number of hydrogen-bond donors (Lipinski definition) is 2. The first kappa shape index (κ1) is 27.7. The Balaban J connectivity index is 1.38. The molecule has 5 nitrogen and oxygen atoms in total. The number of thioether (sulfide) groups is 1. The van der Waals surface area contributed by atoms with Crippen LogP contribution < -0.4 is 10.6 Å². The normalized spacial score (nSPS) is 15.9. The van der Waals surface area contributed by atoms with Gasteiger partial charge in [0.05, 0.1) is 10.8 Å². The van der Waals surface area contributed by atoms with Gasteiger partial charge in [0.2, 0.25) is 11.8 Å². The Labute approximate surface area is 233 Å². The molecule has 2 N–H and O–H groups in total. The third-order valence-electron chi connectivity index (χ3n) is 6.85. The van der Waals surface area contributed by atoms with Gasteiger partial charge in [-0.3, -0.25) is 9.59 Å². The molecule has 2 unspecified atom stereocenters. The molecule has 2 amide bonds. The SMILES string of the molecule is CC(Sc1cccc(NC(=O)/C=C/c2ccccc2)c1)C(=O)Nc1sc2c(c1C#N)CCC(C(C)(C)C)C2. The Morgan fingerprint density at radius 2 is 1.89 bits per heavy atom. The number of anilines is 2. The van der Waals surface area contributed by atoms with Crippen molar-refractivity contribution in [2.75, 3.05) is 10.6 Å². The number of carbonyl (C=O) groups excluding carboxylic acids is 2. The van der Waals surface area contributed by atoms with Crippen LogP contribution in [-0.2, 0) is 22.4 Å². The molecule has 196 valence electrons. The van der Waals surface area contributed by atoms with Crippen molar-refractivity contribution in [3.8, 4) is 6.07 Å². The Kier molecular flexibility index (Phi) is 8.76. The molecular formula is C31H33N3O2S2. The highest BCUT2D eigenvalue weighted by molar-refractivity contribution is 8.00. The van der Waals surface area contributed by atoms with E-state index in [4.69, 9.17) is 0 Å². The second kappa shape index (κ2) is 12.0. The van der Waals surface area contributed by atoms with Crippen molar-refractivity contribution in [3.63, 3.8) is 0 Å². The molecule has 1 heterocycles. The maximum atomic E-state index is 13.1. The fourth-order valence-corrected chi connectivity index (χ4v) is 6.78. The predicted octanol–water partition coefficient (Wildman–Crippen LogP) is 7.54. The zero-order valence-corrected chi connectivity index (χ0v) is 23.8. The number of amides is 2. The van der Waals surface area contributed by atoms with E-state index >= 15 is 0 Å². The first-order valence-corrected chi connectivity index (χ1v) is 14.5. The Hall–Kier alpha value is -3.34. The second-order valence-corrected chi connectivity index (χ2v) is 13.2. The number of carbonyl (C=O) groups is 2. The Morgan fingerprint density at radius 3 is 2.61 bits per heavy atom. The van der Waals surface area contributed by atoms with Crippen molar-refractivity contribution in [2.45, 2.75) is 57.1 Å². The van der Waals surface area contributed by atoms with Gasteiger partial charge < -0.3 is 10.6 Å². The third-order valence-corrected chi connectivity index (χ3v) is 9.11. The Morgan fingerprint density at radius 1 is 1.13 bits per heavy atom. The molecular weight excluding hydrogens is 510 g/mol. The Bertz CT molecular complexity index is 1380. The highest BCUT2D eigenvalue weighted by Gasteiger charge is 2.32. The fraction of sp³-hybridized carbons (Fsp3) is 0.323. The van der Waals surface area contributed by atoms with Crippen LogP contribution in [0.1, 0.15) is 55.7 Å². The number of nitrogens with zero attached hydrogens (tertiary/aromatic N) is 1. The van der Waals surface area contributed by atoms with Gasteiger partial charge in [0, 0.05) is 21.5 Å². The molecule has 3 aromatic rings. The maximum Gasteiger partial charge on any atom is 0.248 e. The summed E-state index contributed by atoms with van der Waals surface area (Å²) in [6.07, 6.45) is 6.17. The van der Waals surface area contributed by atoms with E-state index in [0.717, 1.165) is 35.3 Å². The average Bonchev–Trinajstić information content (AvgIpc) is 3.24. The summed E-state index contributed by atoms with van der Waals surface area (Å²) < 4.78 is 0. The molecule has 38 heavy (non-hydrogen) atoms. The quantitative estimate of drug-likeness (QED) is 0.238. The molecule has 0 spiro atoms. The molecule has 0 aliphatic heterocycles. The lowest BCUT2D eigenvalue weighted by molar-refractivity contribution is -0.115. The summed E-state index contributed by atoms with van der Waals surface area (Å²) in [7, 11) is 0. The lowest BCUT2D eigenvalue weighted by atomic mass is 9.72. The van der Waals surface area contributed by atoms with Gasteiger partial charge in [-0.25, -0.2) is 0 Å². The number of nitrogens with one attached hydrogen (secondary N) is 2. The first-order valence-electron chi connectivity index (χ1n) is 12.8. The summed E-state index contributed by atoms with van der Waals surface area (Å²) in [4.78, 5) is 27.5. The monoisotopic (exact) mass is 543 g/mol. The topological polar surface area (TPSA) is 82.0 Å². The van der Waals surface area contributed by atoms with Gasteiger partial charge >= 0.3 is 0 Å². The number of nitriles is 1. The van der Waals surface area contributed by atoms with Crippen molar-refractivity contribution in [2.24, 2.45) is 11.3 Å². The van der Waals surface area contributed by atoms with E-state index in [1.807, 2.05) is 61.5 Å². The van der Waals surface area contributed by atoms with E-state index in [1.165, 1.54) is 22.7 Å².